The number of anilines is 1. The third kappa shape index (κ3) is 3.91. The smallest absolute Gasteiger partial charge is 0.353 e. The van der Waals surface area contributed by atoms with E-state index in [1.165, 1.54) is 12.5 Å². The van der Waals surface area contributed by atoms with Crippen LogP contribution in [0.2, 0.25) is 4.34 Å². The first kappa shape index (κ1) is 22.1. The molecule has 0 spiro atoms. The molecule has 0 saturated carbocycles. The van der Waals surface area contributed by atoms with Gasteiger partial charge in [-0.1, -0.05) is 34.7 Å². The number of hydrogen-bond donors (Lipinski definition) is 3. The first-order chi connectivity index (χ1) is 15.3. The Kier molecular flexibility index (Phi) is 6.08. The number of fused-ring (bicyclic) bond motifs is 1. The number of β-lactam (4-membered cyclic amide) rings is 1. The molecule has 15 heteroatoms. The largest absolute Gasteiger partial charge is 0.477 e. The molecule has 4 N–H and O–H groups in total. The molecule has 2 aliphatic rings. The average Bonchev–Trinajstić information content (AvgIpc) is 3.10. The molecule has 0 bridgehead atoms. The van der Waals surface area contributed by atoms with Gasteiger partial charge in [-0.2, -0.15) is 0 Å². The number of carbonyl (C=O) groups is 3. The Morgan fingerprint density at radius 1 is 1.47 bits per heavy atom. The second-order valence-electron chi connectivity index (χ2n) is 6.75. The Balaban J connectivity index is 1.52. The van der Waals surface area contributed by atoms with E-state index in [1.54, 1.807) is 6.07 Å². The molecular weight excluding hydrogens is 482 g/mol. The number of thiazole rings is 1. The Morgan fingerprint density at radius 3 is 2.84 bits per heavy atom. The number of amides is 2. The number of carboxylic acid groups (broad SMARTS) is 1. The van der Waals surface area contributed by atoms with Gasteiger partial charge in [0.2, 0.25) is 6.04 Å². The average molecular weight is 496 g/mol. The minimum atomic E-state index is -1.58. The molecule has 2 aliphatic heterocycles. The normalized spacial score (nSPS) is 20.9. The van der Waals surface area contributed by atoms with Crippen LogP contribution in [0.25, 0.3) is 0 Å². The molecule has 3 atom stereocenters. The predicted molar refractivity (Wildman–Crippen MR) is 114 cm³/mol. The minimum Gasteiger partial charge on any atom is -0.477 e. The third-order valence-electron chi connectivity index (χ3n) is 4.91. The van der Waals surface area contributed by atoms with Crippen LogP contribution in [0.4, 0.5) is 5.13 Å². The van der Waals surface area contributed by atoms with Crippen LogP contribution in [0.1, 0.15) is 24.6 Å². The lowest BCUT2D eigenvalue weighted by atomic mass is 9.86. The standard InChI is InChI=1S/C17H14ClN7O5S2/c18-13-10(23-17(19)32-13)11(24-30)14(26)22-9-6-1-2-7(31-8-3-4-20-5-21-8)12(16(28)29)25(6)15(9)27/h3-6,9,11H,1-2H2,(H2,19,23)(H,22,26)(H,28,29)/t6?,9-,11?/m0/s1. The van der Waals surface area contributed by atoms with Crippen molar-refractivity contribution in [2.75, 3.05) is 5.73 Å². The highest BCUT2D eigenvalue weighted by molar-refractivity contribution is 8.03. The number of aliphatic carboxylic acids is 1. The summed E-state index contributed by atoms with van der Waals surface area (Å²) >= 11 is 7.99. The molecule has 32 heavy (non-hydrogen) atoms. The van der Waals surface area contributed by atoms with E-state index in [0.717, 1.165) is 28.0 Å². The maximum Gasteiger partial charge on any atom is 0.353 e. The second kappa shape index (κ2) is 8.80. The molecule has 12 nitrogen and oxygen atoms in total. The van der Waals surface area contributed by atoms with Crippen LogP contribution in [0.5, 0.6) is 0 Å². The summed E-state index contributed by atoms with van der Waals surface area (Å²) in [6.07, 6.45) is 3.64. The summed E-state index contributed by atoms with van der Waals surface area (Å²) in [5.41, 5.74) is 5.30. The summed E-state index contributed by atoms with van der Waals surface area (Å²) in [5, 5.41) is 15.6. The van der Waals surface area contributed by atoms with Crippen molar-refractivity contribution in [2.45, 2.75) is 36.0 Å². The lowest BCUT2D eigenvalue weighted by Crippen LogP contribution is -2.71. The van der Waals surface area contributed by atoms with Gasteiger partial charge in [-0.3, -0.25) is 14.5 Å². The highest BCUT2D eigenvalue weighted by Gasteiger charge is 2.54. The zero-order chi connectivity index (χ0) is 23.0. The third-order valence-corrected chi connectivity index (χ3v) is 7.12. The summed E-state index contributed by atoms with van der Waals surface area (Å²) in [5.74, 6) is -2.73. The van der Waals surface area contributed by atoms with E-state index in [2.05, 4.69) is 25.4 Å². The van der Waals surface area contributed by atoms with Crippen molar-refractivity contribution in [3.05, 3.63) is 44.1 Å². The number of nitrogens with two attached hydrogens (primary N) is 1. The number of thioether (sulfide) groups is 1. The lowest BCUT2D eigenvalue weighted by Gasteiger charge is -2.50. The van der Waals surface area contributed by atoms with E-state index < -0.39 is 35.9 Å². The Hall–Kier alpha value is -3.10. The van der Waals surface area contributed by atoms with Crippen molar-refractivity contribution in [2.24, 2.45) is 5.18 Å². The fourth-order valence-electron chi connectivity index (χ4n) is 3.55. The van der Waals surface area contributed by atoms with Gasteiger partial charge in [0.1, 0.15) is 33.1 Å². The van der Waals surface area contributed by atoms with E-state index in [-0.39, 0.29) is 20.9 Å². The molecule has 1 fully saturated rings. The van der Waals surface area contributed by atoms with Gasteiger partial charge >= 0.3 is 5.97 Å². The summed E-state index contributed by atoms with van der Waals surface area (Å²) in [6.45, 7) is 0. The molecule has 166 valence electrons. The van der Waals surface area contributed by atoms with Crippen LogP contribution in [-0.4, -0.2) is 54.8 Å². The van der Waals surface area contributed by atoms with E-state index in [1.807, 2.05) is 0 Å². The number of rotatable bonds is 7. The maximum absolute atomic E-state index is 12.8. The first-order valence-electron chi connectivity index (χ1n) is 9.09. The number of nitrogens with zero attached hydrogens (tertiary/aromatic N) is 5. The van der Waals surface area contributed by atoms with Crippen LogP contribution >= 0.6 is 34.7 Å². The predicted octanol–water partition coefficient (Wildman–Crippen LogP) is 1.55. The van der Waals surface area contributed by atoms with Crippen molar-refractivity contribution in [3.63, 3.8) is 0 Å². The Bertz CT molecular complexity index is 1140. The van der Waals surface area contributed by atoms with Gasteiger partial charge in [0.05, 0.1) is 6.04 Å². The highest BCUT2D eigenvalue weighted by Crippen LogP contribution is 2.43. The van der Waals surface area contributed by atoms with Crippen molar-refractivity contribution in [1.29, 1.82) is 0 Å². The lowest BCUT2D eigenvalue weighted by molar-refractivity contribution is -0.156. The summed E-state index contributed by atoms with van der Waals surface area (Å²) in [4.78, 5) is 62.0. The SMILES string of the molecule is Nc1nc(C(N=O)C(=O)N[C@@H]2C(=O)N3C(C(=O)O)=C(Sc4ccncn4)CCC23)c(Cl)s1. The van der Waals surface area contributed by atoms with Crippen molar-refractivity contribution in [1.82, 2.24) is 25.2 Å². The summed E-state index contributed by atoms with van der Waals surface area (Å²) < 4.78 is 0.0453. The molecule has 0 radical (unpaired) electrons. The fourth-order valence-corrected chi connectivity index (χ4v) is 5.50. The van der Waals surface area contributed by atoms with Crippen molar-refractivity contribution >= 4 is 57.6 Å². The molecule has 1 saturated heterocycles. The van der Waals surface area contributed by atoms with Crippen LogP contribution in [0.3, 0.4) is 0 Å². The van der Waals surface area contributed by atoms with Gasteiger partial charge in [-0.15, -0.1) is 4.91 Å². The van der Waals surface area contributed by atoms with Gasteiger partial charge in [0.25, 0.3) is 11.8 Å². The molecule has 4 rings (SSSR count). The minimum absolute atomic E-state index is 0.0453. The van der Waals surface area contributed by atoms with Crippen molar-refractivity contribution < 1.29 is 19.5 Å². The Labute approximate surface area is 193 Å². The number of nitrogen functional groups attached to an aromatic ring is 1. The highest BCUT2D eigenvalue weighted by atomic mass is 35.5. The molecule has 2 unspecified atom stereocenters. The topological polar surface area (TPSA) is 181 Å². The summed E-state index contributed by atoms with van der Waals surface area (Å²) in [6, 6.07) is -1.52. The number of carbonyl (C=O) groups excluding carboxylic acids is 2. The number of nitroso groups, excluding NO2 is 1. The number of carboxylic acids is 1. The van der Waals surface area contributed by atoms with E-state index in [9.17, 15) is 24.4 Å². The van der Waals surface area contributed by atoms with Crippen LogP contribution in [-0.2, 0) is 14.4 Å². The molecular formula is C17H14ClN7O5S2. The van der Waals surface area contributed by atoms with Gasteiger partial charge in [0.15, 0.2) is 5.13 Å². The zero-order valence-corrected chi connectivity index (χ0v) is 18.4. The Morgan fingerprint density at radius 2 is 2.25 bits per heavy atom. The van der Waals surface area contributed by atoms with Crippen LogP contribution in [0.15, 0.2) is 39.4 Å². The van der Waals surface area contributed by atoms with Gasteiger partial charge < -0.3 is 16.2 Å². The number of halogens is 1. The molecule has 0 aromatic carbocycles. The molecule has 4 heterocycles. The van der Waals surface area contributed by atoms with Crippen molar-refractivity contribution in [3.8, 4) is 0 Å². The number of aromatic nitrogens is 3. The monoisotopic (exact) mass is 495 g/mol. The van der Waals surface area contributed by atoms with E-state index in [4.69, 9.17) is 17.3 Å². The number of allylic oxidation sites excluding steroid dienone is 1. The summed E-state index contributed by atoms with van der Waals surface area (Å²) in [7, 11) is 0. The maximum atomic E-state index is 12.8. The van der Waals surface area contributed by atoms with Gasteiger partial charge in [0, 0.05) is 11.1 Å². The van der Waals surface area contributed by atoms with Crippen LogP contribution in [0, 0.1) is 4.91 Å². The molecule has 2 amide bonds. The first-order valence-corrected chi connectivity index (χ1v) is 11.1. The van der Waals surface area contributed by atoms with E-state index in [0.29, 0.717) is 22.8 Å². The van der Waals surface area contributed by atoms with Gasteiger partial charge in [-0.05, 0) is 24.1 Å². The molecule has 2 aromatic rings. The van der Waals surface area contributed by atoms with Gasteiger partial charge in [-0.25, -0.2) is 19.7 Å². The van der Waals surface area contributed by atoms with Crippen LogP contribution < -0.4 is 11.1 Å². The molecule has 2 aromatic heterocycles. The quantitative estimate of drug-likeness (QED) is 0.289. The zero-order valence-electron chi connectivity index (χ0n) is 16.0. The number of hydrogen-bond acceptors (Lipinski definition) is 11. The second-order valence-corrected chi connectivity index (χ2v) is 9.49. The molecule has 0 aliphatic carbocycles. The van der Waals surface area contributed by atoms with E-state index >= 15 is 0 Å². The number of nitrogens with one attached hydrogen (secondary N) is 1. The fraction of sp³-hybridized carbons (Fsp3) is 0.294.